The molecule has 0 radical (unpaired) electrons. The number of hydrogen-bond donors (Lipinski definition) is 2. The number of allylic oxidation sites excluding steroid dienone is 1. The topological polar surface area (TPSA) is 108 Å². The number of hydrogen-bond acceptors (Lipinski definition) is 6. The minimum atomic E-state index is -4.56. The third-order valence-corrected chi connectivity index (χ3v) is 10.2. The summed E-state index contributed by atoms with van der Waals surface area (Å²) in [4.78, 5) is 25.0. The molecule has 0 spiro atoms. The Morgan fingerprint density at radius 1 is 0.694 bits per heavy atom. The third kappa shape index (κ3) is 35.4. The van der Waals surface area contributed by atoms with Crippen molar-refractivity contribution < 1.29 is 32.9 Å². The Kier molecular flexibility index (Phi) is 32.6. The summed E-state index contributed by atoms with van der Waals surface area (Å²) in [6.45, 7) is 4.54. The summed E-state index contributed by atoms with van der Waals surface area (Å²) in [5.74, 6) is -0.202. The van der Waals surface area contributed by atoms with Crippen molar-refractivity contribution in [2.75, 3.05) is 40.9 Å². The van der Waals surface area contributed by atoms with Crippen LogP contribution < -0.4 is 10.2 Å². The van der Waals surface area contributed by atoms with E-state index in [1.165, 1.54) is 122 Å². The fourth-order valence-electron chi connectivity index (χ4n) is 5.92. The van der Waals surface area contributed by atoms with E-state index < -0.39 is 20.0 Å². The average Bonchev–Trinajstić information content (AvgIpc) is 3.04. The van der Waals surface area contributed by atoms with Crippen molar-refractivity contribution >= 4 is 13.7 Å². The van der Waals surface area contributed by atoms with E-state index in [0.29, 0.717) is 17.4 Å². The van der Waals surface area contributed by atoms with Crippen LogP contribution in [0.5, 0.6) is 0 Å². The van der Waals surface area contributed by atoms with Gasteiger partial charge in [-0.15, -0.1) is 0 Å². The number of aliphatic hydroxyl groups excluding tert-OH is 1. The van der Waals surface area contributed by atoms with Crippen LogP contribution in [0.1, 0.15) is 187 Å². The second kappa shape index (κ2) is 33.1. The van der Waals surface area contributed by atoms with E-state index in [1.807, 2.05) is 27.2 Å². The molecule has 3 unspecified atom stereocenters. The molecule has 8 nitrogen and oxygen atoms in total. The number of unbranched alkanes of at least 4 members (excludes halogenated alkanes) is 24. The van der Waals surface area contributed by atoms with Gasteiger partial charge in [-0.2, -0.15) is 0 Å². The lowest BCUT2D eigenvalue weighted by atomic mass is 10.0. The van der Waals surface area contributed by atoms with Gasteiger partial charge < -0.3 is 28.8 Å². The van der Waals surface area contributed by atoms with Crippen LogP contribution in [0, 0.1) is 0 Å². The zero-order valence-corrected chi connectivity index (χ0v) is 33.8. The maximum Gasteiger partial charge on any atom is 0.268 e. The van der Waals surface area contributed by atoms with Gasteiger partial charge in [0.1, 0.15) is 13.2 Å². The average molecular weight is 717 g/mol. The molecule has 0 aromatic carbocycles. The van der Waals surface area contributed by atoms with E-state index in [-0.39, 0.29) is 19.1 Å². The summed E-state index contributed by atoms with van der Waals surface area (Å²) in [6, 6.07) is -0.876. The first kappa shape index (κ1) is 48.2. The number of carbonyl (C=O) groups is 1. The standard InChI is InChI=1S/C40H81N2O6P/c1-6-8-10-12-13-14-15-16-17-18-19-20-21-22-23-24-25-26-27-28-30-32-34-40(44)41-38(39(43)33-31-29-11-9-7-2)37-48-49(45,46)47-36-35-42(3,4)5/h31,33,38-39,43H,6-30,32,34-37H2,1-5H3,(H-,41,44,45,46)/b33-31+. The normalized spacial score (nSPS) is 14.7. The molecule has 2 N–H and O–H groups in total. The highest BCUT2D eigenvalue weighted by Gasteiger charge is 2.23. The molecule has 0 aliphatic rings. The molecular weight excluding hydrogens is 635 g/mol. The zero-order valence-electron chi connectivity index (χ0n) is 32.9. The highest BCUT2D eigenvalue weighted by Crippen LogP contribution is 2.38. The smallest absolute Gasteiger partial charge is 0.268 e. The van der Waals surface area contributed by atoms with Crippen LogP contribution in [-0.4, -0.2) is 68.5 Å². The van der Waals surface area contributed by atoms with Crippen molar-refractivity contribution in [3.63, 3.8) is 0 Å². The van der Waals surface area contributed by atoms with Gasteiger partial charge in [0.15, 0.2) is 0 Å². The molecule has 0 saturated heterocycles. The van der Waals surface area contributed by atoms with Gasteiger partial charge >= 0.3 is 0 Å². The first-order chi connectivity index (χ1) is 23.5. The highest BCUT2D eigenvalue weighted by atomic mass is 31.2. The second-order valence-electron chi connectivity index (χ2n) is 15.4. The number of nitrogens with zero attached hydrogens (tertiary/aromatic N) is 1. The number of phosphoric ester groups is 1. The van der Waals surface area contributed by atoms with Crippen molar-refractivity contribution in [3.8, 4) is 0 Å². The van der Waals surface area contributed by atoms with Gasteiger partial charge in [0.05, 0.1) is 39.9 Å². The fourth-order valence-corrected chi connectivity index (χ4v) is 6.64. The number of amides is 1. The van der Waals surface area contributed by atoms with Gasteiger partial charge in [-0.1, -0.05) is 174 Å². The predicted octanol–water partition coefficient (Wildman–Crippen LogP) is 10.2. The number of quaternary nitrogens is 1. The largest absolute Gasteiger partial charge is 0.756 e. The van der Waals surface area contributed by atoms with E-state index in [2.05, 4.69) is 19.2 Å². The first-order valence-electron chi connectivity index (χ1n) is 20.6. The highest BCUT2D eigenvalue weighted by molar-refractivity contribution is 7.45. The molecule has 1 amide bonds. The maximum atomic E-state index is 12.7. The van der Waals surface area contributed by atoms with E-state index in [4.69, 9.17) is 9.05 Å². The van der Waals surface area contributed by atoms with Crippen LogP contribution in [-0.2, 0) is 18.4 Å². The molecule has 49 heavy (non-hydrogen) atoms. The molecule has 0 rings (SSSR count). The van der Waals surface area contributed by atoms with Gasteiger partial charge in [0.2, 0.25) is 5.91 Å². The Hall–Kier alpha value is -0.760. The first-order valence-corrected chi connectivity index (χ1v) is 22.0. The number of carbonyl (C=O) groups excluding carboxylic acids is 1. The van der Waals surface area contributed by atoms with Crippen molar-refractivity contribution in [2.45, 2.75) is 199 Å². The number of nitrogens with one attached hydrogen (secondary N) is 1. The number of aliphatic hydroxyl groups is 1. The number of phosphoric acid groups is 1. The number of likely N-dealkylation sites (N-methyl/N-ethyl adjacent to an activating group) is 1. The molecule has 292 valence electrons. The Morgan fingerprint density at radius 3 is 1.53 bits per heavy atom. The SMILES string of the molecule is CCCCC/C=C/C(O)C(COP(=O)([O-])OCC[N+](C)(C)C)NC(=O)CCCCCCCCCCCCCCCCCCCCCCCC. The Labute approximate surface area is 303 Å². The third-order valence-electron chi connectivity index (χ3n) is 9.25. The lowest BCUT2D eigenvalue weighted by Crippen LogP contribution is -2.45. The summed E-state index contributed by atoms with van der Waals surface area (Å²) in [6.07, 6.45) is 35.9. The van der Waals surface area contributed by atoms with Crippen molar-refractivity contribution in [2.24, 2.45) is 0 Å². The molecule has 0 aliphatic carbocycles. The minimum Gasteiger partial charge on any atom is -0.756 e. The van der Waals surface area contributed by atoms with Crippen molar-refractivity contribution in [3.05, 3.63) is 12.2 Å². The van der Waals surface area contributed by atoms with E-state index in [9.17, 15) is 19.4 Å². The quantitative estimate of drug-likeness (QED) is 0.0287. The van der Waals surface area contributed by atoms with E-state index in [1.54, 1.807) is 6.08 Å². The molecule has 0 aromatic heterocycles. The lowest BCUT2D eigenvalue weighted by Gasteiger charge is -2.29. The molecule has 0 aliphatic heterocycles. The minimum absolute atomic E-state index is 0.000691. The summed E-state index contributed by atoms with van der Waals surface area (Å²) >= 11 is 0. The Bertz CT molecular complexity index is 819. The summed E-state index contributed by atoms with van der Waals surface area (Å²) in [5, 5.41) is 13.5. The molecule has 9 heteroatoms. The maximum absolute atomic E-state index is 12.7. The van der Waals surface area contributed by atoms with Crippen LogP contribution in [0.25, 0.3) is 0 Å². The zero-order chi connectivity index (χ0) is 36.5. The second-order valence-corrected chi connectivity index (χ2v) is 16.8. The Morgan fingerprint density at radius 2 is 1.10 bits per heavy atom. The fraction of sp³-hybridized carbons (Fsp3) is 0.925. The van der Waals surface area contributed by atoms with Gasteiger partial charge in [-0.05, 0) is 19.3 Å². The lowest BCUT2D eigenvalue weighted by molar-refractivity contribution is -0.870. The van der Waals surface area contributed by atoms with Gasteiger partial charge in [0.25, 0.3) is 7.82 Å². The van der Waals surface area contributed by atoms with Crippen LogP contribution in [0.15, 0.2) is 12.2 Å². The monoisotopic (exact) mass is 717 g/mol. The molecule has 0 aromatic rings. The molecule has 0 saturated carbocycles. The molecule has 0 heterocycles. The summed E-state index contributed by atoms with van der Waals surface area (Å²) in [7, 11) is 1.26. The van der Waals surface area contributed by atoms with Crippen molar-refractivity contribution in [1.82, 2.24) is 5.32 Å². The van der Waals surface area contributed by atoms with E-state index in [0.717, 1.165) is 44.9 Å². The van der Waals surface area contributed by atoms with Gasteiger partial charge in [0, 0.05) is 6.42 Å². The van der Waals surface area contributed by atoms with E-state index >= 15 is 0 Å². The number of rotatable bonds is 37. The van der Waals surface area contributed by atoms with Gasteiger partial charge in [-0.25, -0.2) is 0 Å². The Balaban J connectivity index is 4.04. The molecular formula is C40H81N2O6P. The van der Waals surface area contributed by atoms with Crippen LogP contribution in [0.3, 0.4) is 0 Å². The molecule has 0 bridgehead atoms. The molecule has 3 atom stereocenters. The van der Waals surface area contributed by atoms with Crippen molar-refractivity contribution in [1.29, 1.82) is 0 Å². The summed E-state index contributed by atoms with van der Waals surface area (Å²) in [5.41, 5.74) is 0. The van der Waals surface area contributed by atoms with Gasteiger partial charge in [-0.3, -0.25) is 9.36 Å². The van der Waals surface area contributed by atoms with Crippen LogP contribution >= 0.6 is 7.82 Å². The van der Waals surface area contributed by atoms with Crippen LogP contribution in [0.4, 0.5) is 0 Å². The molecule has 0 fully saturated rings. The van der Waals surface area contributed by atoms with Crippen LogP contribution in [0.2, 0.25) is 0 Å². The summed E-state index contributed by atoms with van der Waals surface area (Å²) < 4.78 is 22.9. The predicted molar refractivity (Wildman–Crippen MR) is 205 cm³/mol.